The maximum atomic E-state index is 13.4. The minimum absolute atomic E-state index is 0.0129. The molecule has 1 aromatic carbocycles. The Hall–Kier alpha value is -2.64. The Labute approximate surface area is 144 Å². The van der Waals surface area contributed by atoms with Crippen molar-refractivity contribution in [1.82, 2.24) is 4.90 Å². The summed E-state index contributed by atoms with van der Waals surface area (Å²) in [5, 5.41) is 9.80. The van der Waals surface area contributed by atoms with Gasteiger partial charge in [0, 0.05) is 18.1 Å². The monoisotopic (exact) mass is 352 g/mol. The molecule has 0 bridgehead atoms. The van der Waals surface area contributed by atoms with E-state index in [1.165, 1.54) is 0 Å². The number of hydrogen-bond donors (Lipinski definition) is 2. The van der Waals surface area contributed by atoms with Crippen LogP contribution < -0.4 is 5.73 Å². The average Bonchev–Trinajstić information content (AvgIpc) is 2.75. The van der Waals surface area contributed by atoms with Gasteiger partial charge in [-0.25, -0.2) is 4.39 Å². The van der Waals surface area contributed by atoms with Gasteiger partial charge in [0.2, 0.25) is 5.91 Å². The lowest BCUT2D eigenvalue weighted by molar-refractivity contribution is -0.155. The van der Waals surface area contributed by atoms with Gasteiger partial charge in [-0.1, -0.05) is 0 Å². The molecule has 1 atom stereocenters. The van der Waals surface area contributed by atoms with Gasteiger partial charge < -0.3 is 20.5 Å². The molecule has 2 rings (SSSR count). The van der Waals surface area contributed by atoms with Crippen LogP contribution in [0.15, 0.2) is 12.1 Å². The second kappa shape index (κ2) is 6.70. The van der Waals surface area contributed by atoms with Crippen molar-refractivity contribution in [2.75, 3.05) is 0 Å². The number of nitrogens with two attached hydrogens (primary N) is 1. The summed E-state index contributed by atoms with van der Waals surface area (Å²) in [4.78, 5) is 37.2. The van der Waals surface area contributed by atoms with Crippen LogP contribution in [0.25, 0.3) is 0 Å². The Morgan fingerprint density at radius 3 is 2.60 bits per heavy atom. The standard InChI is InChI=1S/C17H21FN2O5/c1-17(2,3)25-14(22)5-4-12(15(19)23)20-8-11-10(16(20)24)6-9(18)7-13(11)21/h6-7,12,21H,4-5,8H2,1-3H3,(H2,19,23)/t12-/m0/s1. The van der Waals surface area contributed by atoms with Gasteiger partial charge in [-0.3, -0.25) is 14.4 Å². The number of phenolic OH excluding ortho intramolecular Hbond substituents is 1. The van der Waals surface area contributed by atoms with Crippen LogP contribution in [-0.2, 0) is 20.9 Å². The summed E-state index contributed by atoms with van der Waals surface area (Å²) >= 11 is 0. The number of halogens is 1. The zero-order valence-electron chi connectivity index (χ0n) is 14.3. The van der Waals surface area contributed by atoms with Gasteiger partial charge in [-0.05, 0) is 33.3 Å². The van der Waals surface area contributed by atoms with E-state index in [1.807, 2.05) is 0 Å². The fraction of sp³-hybridized carbons (Fsp3) is 0.471. The SMILES string of the molecule is CC(C)(C)OC(=O)CC[C@@H](C(N)=O)N1Cc2c(O)cc(F)cc2C1=O. The summed E-state index contributed by atoms with van der Waals surface area (Å²) < 4.78 is 18.6. The predicted octanol–water partition coefficient (Wildman–Crippen LogP) is 1.46. The van der Waals surface area contributed by atoms with E-state index in [2.05, 4.69) is 0 Å². The normalized spacial score (nSPS) is 15.0. The van der Waals surface area contributed by atoms with Crippen LogP contribution in [0.1, 0.15) is 49.5 Å². The van der Waals surface area contributed by atoms with Crippen molar-refractivity contribution < 1.29 is 28.6 Å². The van der Waals surface area contributed by atoms with E-state index in [-0.39, 0.29) is 36.3 Å². The predicted molar refractivity (Wildman–Crippen MR) is 86.0 cm³/mol. The number of aromatic hydroxyl groups is 1. The molecular formula is C17H21FN2O5. The van der Waals surface area contributed by atoms with E-state index < -0.39 is 35.2 Å². The molecule has 1 aromatic rings. The number of carbonyl (C=O) groups is 3. The fourth-order valence-electron chi connectivity index (χ4n) is 2.73. The summed E-state index contributed by atoms with van der Waals surface area (Å²) in [7, 11) is 0. The molecule has 8 heteroatoms. The van der Waals surface area contributed by atoms with Gasteiger partial charge in [0.15, 0.2) is 0 Å². The zero-order chi connectivity index (χ0) is 18.9. The average molecular weight is 352 g/mol. The Morgan fingerprint density at radius 2 is 2.04 bits per heavy atom. The van der Waals surface area contributed by atoms with Crippen molar-refractivity contribution in [2.24, 2.45) is 5.73 Å². The van der Waals surface area contributed by atoms with Crippen LogP contribution in [0.3, 0.4) is 0 Å². The third-order valence-corrected chi connectivity index (χ3v) is 3.76. The van der Waals surface area contributed by atoms with E-state index in [4.69, 9.17) is 10.5 Å². The van der Waals surface area contributed by atoms with Crippen molar-refractivity contribution in [3.05, 3.63) is 29.1 Å². The summed E-state index contributed by atoms with van der Waals surface area (Å²) in [6.45, 7) is 5.07. The lowest BCUT2D eigenvalue weighted by atomic mass is 10.1. The number of nitrogens with zero attached hydrogens (tertiary/aromatic N) is 1. The van der Waals surface area contributed by atoms with Crippen LogP contribution in [0.2, 0.25) is 0 Å². The third-order valence-electron chi connectivity index (χ3n) is 3.76. The molecule has 0 saturated carbocycles. The number of fused-ring (bicyclic) bond motifs is 1. The van der Waals surface area contributed by atoms with Gasteiger partial charge in [-0.15, -0.1) is 0 Å². The largest absolute Gasteiger partial charge is 0.507 e. The van der Waals surface area contributed by atoms with Crippen molar-refractivity contribution in [1.29, 1.82) is 0 Å². The Bertz CT molecular complexity index is 726. The lowest BCUT2D eigenvalue weighted by Crippen LogP contribution is -2.45. The van der Waals surface area contributed by atoms with E-state index in [0.29, 0.717) is 0 Å². The second-order valence-electron chi connectivity index (χ2n) is 6.93. The first kappa shape index (κ1) is 18.7. The van der Waals surface area contributed by atoms with Crippen LogP contribution >= 0.6 is 0 Å². The number of amides is 2. The topological polar surface area (TPSA) is 110 Å². The minimum atomic E-state index is -1.06. The number of benzene rings is 1. The number of primary amides is 1. The highest BCUT2D eigenvalue weighted by Crippen LogP contribution is 2.33. The Balaban J connectivity index is 2.14. The minimum Gasteiger partial charge on any atom is -0.507 e. The van der Waals surface area contributed by atoms with Gasteiger partial charge in [0.1, 0.15) is 23.2 Å². The van der Waals surface area contributed by atoms with E-state index in [0.717, 1.165) is 17.0 Å². The molecule has 0 saturated heterocycles. The summed E-state index contributed by atoms with van der Waals surface area (Å²) in [5.74, 6) is -3.03. The Kier molecular flexibility index (Phi) is 5.01. The van der Waals surface area contributed by atoms with Crippen molar-refractivity contribution in [3.8, 4) is 5.75 Å². The molecule has 2 amide bonds. The molecule has 0 radical (unpaired) electrons. The number of ether oxygens (including phenoxy) is 1. The molecule has 25 heavy (non-hydrogen) atoms. The van der Waals surface area contributed by atoms with Crippen molar-refractivity contribution in [3.63, 3.8) is 0 Å². The van der Waals surface area contributed by atoms with E-state index in [9.17, 15) is 23.9 Å². The van der Waals surface area contributed by atoms with E-state index >= 15 is 0 Å². The van der Waals surface area contributed by atoms with Gasteiger partial charge in [0.05, 0.1) is 12.1 Å². The molecular weight excluding hydrogens is 331 g/mol. The van der Waals surface area contributed by atoms with Crippen LogP contribution in [0.5, 0.6) is 5.75 Å². The van der Waals surface area contributed by atoms with Crippen LogP contribution in [0, 0.1) is 5.82 Å². The van der Waals surface area contributed by atoms with Crippen molar-refractivity contribution >= 4 is 17.8 Å². The molecule has 7 nitrogen and oxygen atoms in total. The van der Waals surface area contributed by atoms with Crippen molar-refractivity contribution in [2.45, 2.75) is 51.8 Å². The lowest BCUT2D eigenvalue weighted by Gasteiger charge is -2.25. The highest BCUT2D eigenvalue weighted by Gasteiger charge is 2.37. The molecule has 136 valence electrons. The summed E-state index contributed by atoms with van der Waals surface area (Å²) in [6.07, 6.45) is -0.126. The van der Waals surface area contributed by atoms with Crippen LogP contribution in [-0.4, -0.2) is 39.4 Å². The van der Waals surface area contributed by atoms with Crippen LogP contribution in [0.4, 0.5) is 4.39 Å². The van der Waals surface area contributed by atoms with Gasteiger partial charge >= 0.3 is 5.97 Å². The number of phenols is 1. The molecule has 0 fully saturated rings. The molecule has 0 spiro atoms. The zero-order valence-corrected chi connectivity index (χ0v) is 14.3. The molecule has 1 heterocycles. The van der Waals surface area contributed by atoms with Gasteiger partial charge in [-0.2, -0.15) is 0 Å². The summed E-state index contributed by atoms with van der Waals surface area (Å²) in [5.41, 5.74) is 4.93. The first-order chi connectivity index (χ1) is 11.5. The highest BCUT2D eigenvalue weighted by molar-refractivity contribution is 6.01. The second-order valence-corrected chi connectivity index (χ2v) is 6.93. The smallest absolute Gasteiger partial charge is 0.306 e. The quantitative estimate of drug-likeness (QED) is 0.780. The molecule has 0 aliphatic carbocycles. The Morgan fingerprint density at radius 1 is 1.40 bits per heavy atom. The maximum absolute atomic E-state index is 13.4. The molecule has 0 unspecified atom stereocenters. The van der Waals surface area contributed by atoms with Gasteiger partial charge in [0.25, 0.3) is 5.91 Å². The molecule has 1 aliphatic heterocycles. The van der Waals surface area contributed by atoms with E-state index in [1.54, 1.807) is 20.8 Å². The fourth-order valence-corrected chi connectivity index (χ4v) is 2.73. The molecule has 1 aliphatic rings. The number of hydrogen-bond acceptors (Lipinski definition) is 5. The number of carbonyl (C=O) groups excluding carboxylic acids is 3. The summed E-state index contributed by atoms with van der Waals surface area (Å²) in [6, 6.07) is 0.841. The number of rotatable bonds is 5. The third kappa shape index (κ3) is 4.26. The number of esters is 1. The maximum Gasteiger partial charge on any atom is 0.306 e. The first-order valence-electron chi connectivity index (χ1n) is 7.83. The first-order valence-corrected chi connectivity index (χ1v) is 7.83. The molecule has 0 aromatic heterocycles. The molecule has 3 N–H and O–H groups in total. The highest BCUT2D eigenvalue weighted by atomic mass is 19.1.